The molecule has 1 atom stereocenters. The Hall–Kier alpha value is -0.780. The van der Waals surface area contributed by atoms with Gasteiger partial charge in [-0.2, -0.15) is 0 Å². The maximum Gasteiger partial charge on any atom is 0.0990 e. The van der Waals surface area contributed by atoms with Crippen LogP contribution in [0.2, 0.25) is 0 Å². The smallest absolute Gasteiger partial charge is 0.0990 e. The summed E-state index contributed by atoms with van der Waals surface area (Å²) in [6.45, 7) is 6.49. The number of thiophene rings is 1. The van der Waals surface area contributed by atoms with Crippen molar-refractivity contribution in [3.8, 4) is 12.3 Å². The molecule has 1 heterocycles. The molecule has 1 unspecified atom stereocenters. The topological polar surface area (TPSA) is 20.2 Å². The Morgan fingerprint density at radius 3 is 2.57 bits per heavy atom. The van der Waals surface area contributed by atoms with Crippen LogP contribution >= 0.6 is 11.3 Å². The summed E-state index contributed by atoms with van der Waals surface area (Å²) in [5, 5.41) is 9.67. The molecule has 1 nitrogen and oxygen atoms in total. The molecule has 0 bridgehead atoms. The zero-order valence-electron chi connectivity index (χ0n) is 8.87. The van der Waals surface area contributed by atoms with Gasteiger partial charge in [-0.3, -0.25) is 0 Å². The molecule has 0 radical (unpaired) electrons. The molecule has 0 aliphatic carbocycles. The summed E-state index contributed by atoms with van der Waals surface area (Å²) in [7, 11) is 0. The molecule has 0 spiro atoms. The van der Waals surface area contributed by atoms with E-state index >= 15 is 0 Å². The van der Waals surface area contributed by atoms with Crippen LogP contribution < -0.4 is 0 Å². The maximum absolute atomic E-state index is 9.67. The lowest BCUT2D eigenvalue weighted by Crippen LogP contribution is -2.07. The van der Waals surface area contributed by atoms with Crippen molar-refractivity contribution >= 4 is 11.3 Å². The van der Waals surface area contributed by atoms with Gasteiger partial charge in [0.2, 0.25) is 0 Å². The molecule has 0 fully saturated rings. The number of hydrogen-bond donors (Lipinski definition) is 1. The van der Waals surface area contributed by atoms with E-state index in [1.54, 1.807) is 11.3 Å². The van der Waals surface area contributed by atoms with Crippen LogP contribution in [0.15, 0.2) is 12.1 Å². The predicted octanol–water partition coefficient (Wildman–Crippen LogP) is 3.10. The monoisotopic (exact) mass is 208 g/mol. The number of aliphatic hydroxyl groups excluding tert-OH is 1. The molecule has 0 amide bonds. The highest BCUT2D eigenvalue weighted by molar-refractivity contribution is 7.12. The Labute approximate surface area is 89.8 Å². The Morgan fingerprint density at radius 1 is 1.50 bits per heavy atom. The molecule has 0 saturated heterocycles. The van der Waals surface area contributed by atoms with E-state index in [9.17, 15) is 5.11 Å². The zero-order valence-corrected chi connectivity index (χ0v) is 9.69. The van der Waals surface area contributed by atoms with Gasteiger partial charge < -0.3 is 5.11 Å². The van der Waals surface area contributed by atoms with Gasteiger partial charge in [-0.25, -0.2) is 0 Å². The highest BCUT2D eigenvalue weighted by Gasteiger charge is 2.18. The second-order valence-electron chi connectivity index (χ2n) is 4.38. The summed E-state index contributed by atoms with van der Waals surface area (Å²) in [4.78, 5) is 2.25. The SMILES string of the molecule is C#CCC(O)c1ccc(C(C)(C)C)s1. The van der Waals surface area contributed by atoms with E-state index in [0.29, 0.717) is 6.42 Å². The second kappa shape index (κ2) is 4.16. The Bertz CT molecular complexity index is 338. The third kappa shape index (κ3) is 2.60. The zero-order chi connectivity index (χ0) is 10.8. The second-order valence-corrected chi connectivity index (χ2v) is 5.49. The van der Waals surface area contributed by atoms with Gasteiger partial charge in [0, 0.05) is 16.2 Å². The van der Waals surface area contributed by atoms with Gasteiger partial charge in [-0.05, 0) is 17.5 Å². The van der Waals surface area contributed by atoms with Crippen LogP contribution in [0.5, 0.6) is 0 Å². The summed E-state index contributed by atoms with van der Waals surface area (Å²) in [5.41, 5.74) is 0.152. The van der Waals surface area contributed by atoms with E-state index in [-0.39, 0.29) is 5.41 Å². The first kappa shape index (κ1) is 11.3. The first-order chi connectivity index (χ1) is 6.45. The molecule has 0 aromatic carbocycles. The van der Waals surface area contributed by atoms with Crippen molar-refractivity contribution < 1.29 is 5.11 Å². The van der Waals surface area contributed by atoms with Crippen LogP contribution in [0.4, 0.5) is 0 Å². The van der Waals surface area contributed by atoms with Crippen LogP contribution in [0.3, 0.4) is 0 Å². The van der Waals surface area contributed by atoms with Gasteiger partial charge in [-0.15, -0.1) is 23.7 Å². The van der Waals surface area contributed by atoms with Crippen molar-refractivity contribution in [1.29, 1.82) is 0 Å². The lowest BCUT2D eigenvalue weighted by molar-refractivity contribution is 0.188. The summed E-state index contributed by atoms with van der Waals surface area (Å²) >= 11 is 1.64. The molecule has 14 heavy (non-hydrogen) atoms. The van der Waals surface area contributed by atoms with Crippen molar-refractivity contribution in [2.24, 2.45) is 0 Å². The van der Waals surface area contributed by atoms with Gasteiger partial charge in [-0.1, -0.05) is 20.8 Å². The molecule has 0 saturated carbocycles. The number of aliphatic hydroxyl groups is 1. The lowest BCUT2D eigenvalue weighted by Gasteiger charge is -2.15. The van der Waals surface area contributed by atoms with Crippen molar-refractivity contribution in [2.75, 3.05) is 0 Å². The quantitative estimate of drug-likeness (QED) is 0.740. The van der Waals surface area contributed by atoms with Crippen molar-refractivity contribution in [1.82, 2.24) is 0 Å². The maximum atomic E-state index is 9.67. The predicted molar refractivity (Wildman–Crippen MR) is 61.4 cm³/mol. The molecular weight excluding hydrogens is 192 g/mol. The molecule has 0 aliphatic heterocycles. The fourth-order valence-corrected chi connectivity index (χ4v) is 2.20. The molecule has 1 N–H and O–H groups in total. The third-order valence-corrected chi connectivity index (χ3v) is 3.62. The Kier molecular flexibility index (Phi) is 3.36. The number of terminal acetylenes is 1. The standard InChI is InChI=1S/C12H16OS/c1-5-6-9(13)10-7-8-11(14-10)12(2,3)4/h1,7-9,13H,6H2,2-4H3. The fraction of sp³-hybridized carbons (Fsp3) is 0.500. The summed E-state index contributed by atoms with van der Waals surface area (Å²) in [5.74, 6) is 2.47. The van der Waals surface area contributed by atoms with Crippen LogP contribution in [0, 0.1) is 12.3 Å². The first-order valence-electron chi connectivity index (χ1n) is 4.67. The Balaban J connectivity index is 2.84. The van der Waals surface area contributed by atoms with E-state index in [2.05, 4.69) is 32.8 Å². The molecule has 1 aromatic heterocycles. The number of hydrogen-bond acceptors (Lipinski definition) is 2. The van der Waals surface area contributed by atoms with E-state index in [1.807, 2.05) is 6.07 Å². The van der Waals surface area contributed by atoms with Crippen LogP contribution in [-0.2, 0) is 5.41 Å². The lowest BCUT2D eigenvalue weighted by atomic mass is 9.95. The van der Waals surface area contributed by atoms with Gasteiger partial charge in [0.25, 0.3) is 0 Å². The summed E-state index contributed by atoms with van der Waals surface area (Å²) in [6.07, 6.45) is 5.05. The Morgan fingerprint density at radius 2 is 2.14 bits per heavy atom. The highest BCUT2D eigenvalue weighted by atomic mass is 32.1. The largest absolute Gasteiger partial charge is 0.387 e. The van der Waals surface area contributed by atoms with Crippen LogP contribution in [0.25, 0.3) is 0 Å². The minimum absolute atomic E-state index is 0.152. The van der Waals surface area contributed by atoms with Gasteiger partial charge >= 0.3 is 0 Å². The third-order valence-electron chi connectivity index (χ3n) is 2.01. The van der Waals surface area contributed by atoms with Crippen LogP contribution in [0.1, 0.15) is 43.1 Å². The van der Waals surface area contributed by atoms with E-state index in [1.165, 1.54) is 4.88 Å². The average Bonchev–Trinajstić information content (AvgIpc) is 2.51. The van der Waals surface area contributed by atoms with Crippen molar-refractivity contribution in [2.45, 2.75) is 38.7 Å². The number of rotatable bonds is 2. The van der Waals surface area contributed by atoms with Gasteiger partial charge in [0.05, 0.1) is 6.10 Å². The van der Waals surface area contributed by atoms with Crippen molar-refractivity contribution in [3.05, 3.63) is 21.9 Å². The first-order valence-corrected chi connectivity index (χ1v) is 5.48. The van der Waals surface area contributed by atoms with Crippen LogP contribution in [-0.4, -0.2) is 5.11 Å². The molecular formula is C12H16OS. The minimum Gasteiger partial charge on any atom is -0.387 e. The van der Waals surface area contributed by atoms with E-state index < -0.39 is 6.10 Å². The molecule has 1 rings (SSSR count). The summed E-state index contributed by atoms with van der Waals surface area (Å²) < 4.78 is 0. The fourth-order valence-electron chi connectivity index (χ4n) is 1.15. The van der Waals surface area contributed by atoms with E-state index in [0.717, 1.165) is 4.88 Å². The van der Waals surface area contributed by atoms with E-state index in [4.69, 9.17) is 6.42 Å². The molecule has 1 aromatic rings. The summed E-state index contributed by atoms with van der Waals surface area (Å²) in [6, 6.07) is 4.03. The average molecular weight is 208 g/mol. The molecule has 0 aliphatic rings. The molecule has 2 heteroatoms. The highest BCUT2D eigenvalue weighted by Crippen LogP contribution is 2.32. The molecule has 76 valence electrons. The van der Waals surface area contributed by atoms with Gasteiger partial charge in [0.1, 0.15) is 0 Å². The van der Waals surface area contributed by atoms with Gasteiger partial charge in [0.15, 0.2) is 0 Å². The normalized spacial score (nSPS) is 13.6. The van der Waals surface area contributed by atoms with Crippen molar-refractivity contribution in [3.63, 3.8) is 0 Å². The minimum atomic E-state index is -0.499.